The Kier molecular flexibility index (Phi) is 1.86. The third kappa shape index (κ3) is 1.14. The van der Waals surface area contributed by atoms with Gasteiger partial charge in [0.05, 0.1) is 0 Å². The second-order valence-corrected chi connectivity index (χ2v) is 6.56. The number of piperidine rings is 1. The Labute approximate surface area is 97.4 Å². The van der Waals surface area contributed by atoms with E-state index in [0.717, 1.165) is 49.1 Å². The number of hydrogen-bond donors (Lipinski definition) is 0. The molecular formula is C14H21NO. The largest absolute Gasteiger partial charge is 0.300 e. The third-order valence-corrected chi connectivity index (χ3v) is 5.82. The summed E-state index contributed by atoms with van der Waals surface area (Å²) in [6, 6.07) is 1.41. The predicted octanol–water partition coefficient (Wildman–Crippen LogP) is 2.08. The van der Waals surface area contributed by atoms with Crippen LogP contribution in [-0.2, 0) is 4.79 Å². The minimum Gasteiger partial charge on any atom is -0.300 e. The molecule has 0 spiro atoms. The molecule has 0 aromatic carbocycles. The maximum Gasteiger partial charge on any atom is 0.135 e. The Morgan fingerprint density at radius 3 is 2.50 bits per heavy atom. The van der Waals surface area contributed by atoms with Gasteiger partial charge in [-0.1, -0.05) is 0 Å². The Balaban J connectivity index is 1.50. The monoisotopic (exact) mass is 219 g/mol. The summed E-state index contributed by atoms with van der Waals surface area (Å²) in [5, 5.41) is 0. The number of nitrogens with zero attached hydrogens (tertiary/aromatic N) is 1. The van der Waals surface area contributed by atoms with Crippen molar-refractivity contribution in [2.24, 2.45) is 23.7 Å². The van der Waals surface area contributed by atoms with Crippen LogP contribution in [0, 0.1) is 23.7 Å². The number of carbonyl (C=O) groups is 1. The number of hydrogen-bond acceptors (Lipinski definition) is 2. The molecule has 0 radical (unpaired) electrons. The van der Waals surface area contributed by atoms with Gasteiger partial charge in [-0.05, 0) is 49.9 Å². The number of ketones is 1. The van der Waals surface area contributed by atoms with Crippen LogP contribution in [0.1, 0.15) is 39.0 Å². The van der Waals surface area contributed by atoms with Crippen LogP contribution in [0.25, 0.3) is 0 Å². The lowest BCUT2D eigenvalue weighted by Crippen LogP contribution is -2.44. The number of Topliss-reactive ketones (excluding diaryl/α,β-unsaturated/α-hetero) is 1. The molecule has 3 aliphatic carbocycles. The molecular weight excluding hydrogens is 198 g/mol. The number of rotatable bonds is 1. The zero-order valence-electron chi connectivity index (χ0n) is 10.1. The van der Waals surface area contributed by atoms with Crippen molar-refractivity contribution in [3.63, 3.8) is 0 Å². The third-order valence-electron chi connectivity index (χ3n) is 5.82. The smallest absolute Gasteiger partial charge is 0.135 e. The van der Waals surface area contributed by atoms with Crippen molar-refractivity contribution in [1.82, 2.24) is 4.90 Å². The Morgan fingerprint density at radius 1 is 1.19 bits per heavy atom. The predicted molar refractivity (Wildman–Crippen MR) is 62.0 cm³/mol. The molecule has 5 unspecified atom stereocenters. The number of carbonyl (C=O) groups excluding carboxylic acids is 1. The van der Waals surface area contributed by atoms with E-state index in [1.165, 1.54) is 19.3 Å². The van der Waals surface area contributed by atoms with Crippen molar-refractivity contribution in [3.05, 3.63) is 0 Å². The molecule has 0 N–H and O–H groups in total. The van der Waals surface area contributed by atoms with Gasteiger partial charge < -0.3 is 0 Å². The van der Waals surface area contributed by atoms with Crippen LogP contribution in [0.3, 0.4) is 0 Å². The first-order valence-electron chi connectivity index (χ1n) is 7.03. The van der Waals surface area contributed by atoms with Gasteiger partial charge in [0.1, 0.15) is 5.78 Å². The molecule has 1 saturated heterocycles. The molecule has 0 amide bonds. The Bertz CT molecular complexity index is 324. The average molecular weight is 219 g/mol. The van der Waals surface area contributed by atoms with Crippen molar-refractivity contribution in [2.75, 3.05) is 6.54 Å². The normalized spacial score (nSPS) is 55.4. The lowest BCUT2D eigenvalue weighted by molar-refractivity contribution is -0.123. The molecule has 1 heterocycles. The van der Waals surface area contributed by atoms with E-state index in [-0.39, 0.29) is 0 Å². The minimum absolute atomic E-state index is 0.484. The van der Waals surface area contributed by atoms with Gasteiger partial charge in [-0.2, -0.15) is 0 Å². The van der Waals surface area contributed by atoms with E-state index in [4.69, 9.17) is 0 Å². The summed E-state index contributed by atoms with van der Waals surface area (Å²) in [6.07, 6.45) is 6.17. The molecule has 16 heavy (non-hydrogen) atoms. The van der Waals surface area contributed by atoms with Gasteiger partial charge in [0, 0.05) is 31.5 Å². The summed E-state index contributed by atoms with van der Waals surface area (Å²) in [4.78, 5) is 14.1. The van der Waals surface area contributed by atoms with Crippen LogP contribution in [0.5, 0.6) is 0 Å². The second kappa shape index (κ2) is 3.10. The van der Waals surface area contributed by atoms with Gasteiger partial charge in [0.25, 0.3) is 0 Å². The molecule has 5 atom stereocenters. The van der Waals surface area contributed by atoms with Crippen molar-refractivity contribution in [1.29, 1.82) is 0 Å². The first kappa shape index (κ1) is 9.64. The summed E-state index contributed by atoms with van der Waals surface area (Å²) >= 11 is 0. The standard InChI is InChI=1S/C14H21NO/c1-8-6-11(16)4-5-15(8)14-12-9-2-3-10(7-9)13(12)14/h8-10,12-14H,2-7H2,1H3. The van der Waals surface area contributed by atoms with Gasteiger partial charge in [-0.25, -0.2) is 0 Å². The lowest BCUT2D eigenvalue weighted by Gasteiger charge is -2.34. The average Bonchev–Trinajstić information content (AvgIpc) is 2.67. The van der Waals surface area contributed by atoms with Crippen LogP contribution in [0.4, 0.5) is 0 Å². The highest BCUT2D eigenvalue weighted by molar-refractivity contribution is 5.80. The maximum atomic E-state index is 11.4. The van der Waals surface area contributed by atoms with Crippen LogP contribution >= 0.6 is 0 Å². The molecule has 4 aliphatic rings. The molecule has 1 aliphatic heterocycles. The topological polar surface area (TPSA) is 20.3 Å². The fourth-order valence-electron chi connectivity index (χ4n) is 5.19. The zero-order valence-corrected chi connectivity index (χ0v) is 10.1. The highest BCUT2D eigenvalue weighted by Gasteiger charge is 2.67. The number of likely N-dealkylation sites (tertiary alicyclic amines) is 1. The highest BCUT2D eigenvalue weighted by Crippen LogP contribution is 2.67. The second-order valence-electron chi connectivity index (χ2n) is 6.56. The van der Waals surface area contributed by atoms with Crippen LogP contribution < -0.4 is 0 Å². The molecule has 0 aromatic heterocycles. The van der Waals surface area contributed by atoms with Crippen LogP contribution in [0.15, 0.2) is 0 Å². The maximum absolute atomic E-state index is 11.4. The van der Waals surface area contributed by atoms with E-state index < -0.39 is 0 Å². The van der Waals surface area contributed by atoms with Gasteiger partial charge in [-0.3, -0.25) is 9.69 Å². The van der Waals surface area contributed by atoms with Crippen LogP contribution in [-0.4, -0.2) is 29.3 Å². The van der Waals surface area contributed by atoms with Crippen molar-refractivity contribution in [3.8, 4) is 0 Å². The quantitative estimate of drug-likeness (QED) is 0.673. The highest BCUT2D eigenvalue weighted by atomic mass is 16.1. The molecule has 0 aromatic rings. The zero-order chi connectivity index (χ0) is 10.9. The summed E-state index contributed by atoms with van der Waals surface area (Å²) in [5.74, 6) is 4.68. The van der Waals surface area contributed by atoms with E-state index in [1.807, 2.05) is 0 Å². The van der Waals surface area contributed by atoms with Gasteiger partial charge in [-0.15, -0.1) is 0 Å². The van der Waals surface area contributed by atoms with E-state index in [9.17, 15) is 4.79 Å². The lowest BCUT2D eigenvalue weighted by atomic mass is 9.99. The molecule has 2 bridgehead atoms. The SMILES string of the molecule is CC1CC(=O)CCN1C1C2C3CCC(C3)C21. The first-order valence-corrected chi connectivity index (χ1v) is 7.03. The molecule has 2 nitrogen and oxygen atoms in total. The van der Waals surface area contributed by atoms with Crippen LogP contribution in [0.2, 0.25) is 0 Å². The Morgan fingerprint density at radius 2 is 1.88 bits per heavy atom. The van der Waals surface area contributed by atoms with Gasteiger partial charge in [0.2, 0.25) is 0 Å². The van der Waals surface area contributed by atoms with E-state index >= 15 is 0 Å². The van der Waals surface area contributed by atoms with E-state index in [2.05, 4.69) is 11.8 Å². The summed E-state index contributed by atoms with van der Waals surface area (Å²) < 4.78 is 0. The number of fused-ring (bicyclic) bond motifs is 5. The Hall–Kier alpha value is -0.370. The van der Waals surface area contributed by atoms with Crippen molar-refractivity contribution in [2.45, 2.75) is 51.1 Å². The summed E-state index contributed by atoms with van der Waals surface area (Å²) in [5.41, 5.74) is 0. The van der Waals surface area contributed by atoms with E-state index in [0.29, 0.717) is 11.8 Å². The van der Waals surface area contributed by atoms with Gasteiger partial charge >= 0.3 is 0 Å². The van der Waals surface area contributed by atoms with Crippen molar-refractivity contribution >= 4 is 5.78 Å². The molecule has 4 fully saturated rings. The van der Waals surface area contributed by atoms with E-state index in [1.54, 1.807) is 0 Å². The van der Waals surface area contributed by atoms with Crippen molar-refractivity contribution < 1.29 is 4.79 Å². The fraction of sp³-hybridized carbons (Fsp3) is 0.929. The van der Waals surface area contributed by atoms with Gasteiger partial charge in [0.15, 0.2) is 0 Å². The molecule has 3 saturated carbocycles. The summed E-state index contributed by atoms with van der Waals surface area (Å²) in [6.45, 7) is 3.31. The minimum atomic E-state index is 0.484. The summed E-state index contributed by atoms with van der Waals surface area (Å²) in [7, 11) is 0. The molecule has 88 valence electrons. The fourth-order valence-corrected chi connectivity index (χ4v) is 5.19. The molecule has 2 heteroatoms. The first-order chi connectivity index (χ1) is 7.75. The molecule has 4 rings (SSSR count).